The molecule has 2 nitrogen and oxygen atoms in total. The van der Waals surface area contributed by atoms with Gasteiger partial charge in [0.15, 0.2) is 0 Å². The molecule has 0 atom stereocenters. The van der Waals surface area contributed by atoms with Gasteiger partial charge in [0, 0.05) is 29.5 Å². The maximum atomic E-state index is 4.26. The van der Waals surface area contributed by atoms with E-state index >= 15 is 0 Å². The van der Waals surface area contributed by atoms with Gasteiger partial charge in [0.2, 0.25) is 0 Å². The first-order chi connectivity index (χ1) is 9.43. The van der Waals surface area contributed by atoms with Crippen LogP contribution >= 0.6 is 0 Å². The van der Waals surface area contributed by atoms with Crippen LogP contribution in [0.4, 0.5) is 5.69 Å². The molecule has 1 aromatic heterocycles. The van der Waals surface area contributed by atoms with E-state index in [1.54, 1.807) is 0 Å². The largest absolute Gasteiger partial charge is 0.382 e. The van der Waals surface area contributed by atoms with Crippen molar-refractivity contribution in [3.05, 3.63) is 36.7 Å². The number of aromatic nitrogens is 1. The minimum atomic E-state index is 0.631. The molecule has 2 aromatic rings. The summed E-state index contributed by atoms with van der Waals surface area (Å²) in [5, 5.41) is 6.26. The summed E-state index contributed by atoms with van der Waals surface area (Å²) in [7, 11) is 0. The van der Waals surface area contributed by atoms with E-state index < -0.39 is 0 Å². The highest BCUT2D eigenvalue weighted by molar-refractivity contribution is 5.93. The molecule has 0 amide bonds. The van der Waals surface area contributed by atoms with Crippen LogP contribution in [-0.2, 0) is 0 Å². The molecule has 1 N–H and O–H groups in total. The van der Waals surface area contributed by atoms with Crippen LogP contribution in [0.1, 0.15) is 44.9 Å². The second-order valence-corrected chi connectivity index (χ2v) is 5.59. The Morgan fingerprint density at radius 3 is 2.58 bits per heavy atom. The summed E-state index contributed by atoms with van der Waals surface area (Å²) >= 11 is 0. The first kappa shape index (κ1) is 12.5. The molecule has 100 valence electrons. The lowest BCUT2D eigenvalue weighted by Crippen LogP contribution is -2.20. The number of pyridine rings is 1. The number of benzene rings is 1. The van der Waals surface area contributed by atoms with Crippen molar-refractivity contribution in [3.8, 4) is 0 Å². The van der Waals surface area contributed by atoms with Gasteiger partial charge in [0.25, 0.3) is 0 Å². The lowest BCUT2D eigenvalue weighted by Gasteiger charge is -2.23. The van der Waals surface area contributed by atoms with E-state index in [-0.39, 0.29) is 0 Å². The van der Waals surface area contributed by atoms with Gasteiger partial charge in [-0.05, 0) is 30.4 Å². The molecule has 0 aliphatic heterocycles. The summed E-state index contributed by atoms with van der Waals surface area (Å²) in [5.41, 5.74) is 1.25. The van der Waals surface area contributed by atoms with E-state index in [1.165, 1.54) is 61.4 Å². The topological polar surface area (TPSA) is 24.9 Å². The van der Waals surface area contributed by atoms with Crippen LogP contribution in [0.2, 0.25) is 0 Å². The molecule has 19 heavy (non-hydrogen) atoms. The molecule has 1 aliphatic rings. The maximum Gasteiger partial charge on any atom is 0.0437 e. The van der Waals surface area contributed by atoms with Crippen molar-refractivity contribution in [2.45, 2.75) is 51.0 Å². The van der Waals surface area contributed by atoms with Crippen LogP contribution in [0, 0.1) is 0 Å². The molecule has 1 heterocycles. The number of nitrogens with one attached hydrogen (secondary N) is 1. The van der Waals surface area contributed by atoms with Gasteiger partial charge in [0.05, 0.1) is 0 Å². The average molecular weight is 254 g/mol. The standard InChI is InChI=1S/C17H22N2/c1-2-4-8-15(9-5-3-1)19-17-10-6-7-14-11-12-18-13-16(14)17/h6-7,10-13,15,19H,1-5,8-9H2. The quantitative estimate of drug-likeness (QED) is 0.835. The van der Waals surface area contributed by atoms with E-state index in [9.17, 15) is 0 Å². The maximum absolute atomic E-state index is 4.26. The summed E-state index contributed by atoms with van der Waals surface area (Å²) in [4.78, 5) is 4.26. The first-order valence-corrected chi connectivity index (χ1v) is 7.53. The molecule has 0 bridgehead atoms. The van der Waals surface area contributed by atoms with E-state index in [4.69, 9.17) is 0 Å². The van der Waals surface area contributed by atoms with Crippen molar-refractivity contribution in [1.82, 2.24) is 4.98 Å². The zero-order chi connectivity index (χ0) is 12.9. The van der Waals surface area contributed by atoms with Gasteiger partial charge >= 0.3 is 0 Å². The minimum Gasteiger partial charge on any atom is -0.382 e. The van der Waals surface area contributed by atoms with E-state index in [1.807, 2.05) is 12.4 Å². The smallest absolute Gasteiger partial charge is 0.0437 e. The number of anilines is 1. The van der Waals surface area contributed by atoms with Gasteiger partial charge in [-0.2, -0.15) is 0 Å². The highest BCUT2D eigenvalue weighted by Gasteiger charge is 2.12. The van der Waals surface area contributed by atoms with E-state index in [0.29, 0.717) is 6.04 Å². The summed E-state index contributed by atoms with van der Waals surface area (Å²) < 4.78 is 0. The fourth-order valence-electron chi connectivity index (χ4n) is 3.06. The fraction of sp³-hybridized carbons (Fsp3) is 0.471. The average Bonchev–Trinajstić information content (AvgIpc) is 2.42. The normalized spacial score (nSPS) is 17.9. The van der Waals surface area contributed by atoms with Crippen LogP contribution in [0.5, 0.6) is 0 Å². The van der Waals surface area contributed by atoms with Crippen LogP contribution in [0.3, 0.4) is 0 Å². The number of hydrogen-bond donors (Lipinski definition) is 1. The Bertz CT molecular complexity index is 522. The first-order valence-electron chi connectivity index (χ1n) is 7.53. The summed E-state index contributed by atoms with van der Waals surface area (Å²) in [6, 6.07) is 9.18. The van der Waals surface area contributed by atoms with Crippen molar-refractivity contribution in [2.75, 3.05) is 5.32 Å². The highest BCUT2D eigenvalue weighted by atomic mass is 14.9. The van der Waals surface area contributed by atoms with Gasteiger partial charge in [-0.3, -0.25) is 4.98 Å². The third-order valence-corrected chi connectivity index (χ3v) is 4.15. The van der Waals surface area contributed by atoms with Gasteiger partial charge in [-0.15, -0.1) is 0 Å². The van der Waals surface area contributed by atoms with Crippen LogP contribution in [0.25, 0.3) is 10.8 Å². The van der Waals surface area contributed by atoms with Gasteiger partial charge in [0.1, 0.15) is 0 Å². The molecule has 2 heteroatoms. The van der Waals surface area contributed by atoms with Crippen LogP contribution < -0.4 is 5.32 Å². The Kier molecular flexibility index (Phi) is 3.97. The molecule has 0 radical (unpaired) electrons. The number of hydrogen-bond acceptors (Lipinski definition) is 2. The Labute approximate surface area is 115 Å². The number of nitrogens with zero attached hydrogens (tertiary/aromatic N) is 1. The van der Waals surface area contributed by atoms with Crippen molar-refractivity contribution in [2.24, 2.45) is 0 Å². The van der Waals surface area contributed by atoms with Gasteiger partial charge < -0.3 is 5.32 Å². The van der Waals surface area contributed by atoms with Crippen LogP contribution in [0.15, 0.2) is 36.7 Å². The summed E-state index contributed by atoms with van der Waals surface area (Å²) in [6.45, 7) is 0. The molecule has 1 saturated carbocycles. The zero-order valence-corrected chi connectivity index (χ0v) is 11.4. The van der Waals surface area contributed by atoms with Crippen molar-refractivity contribution < 1.29 is 0 Å². The van der Waals surface area contributed by atoms with E-state index in [2.05, 4.69) is 34.6 Å². The monoisotopic (exact) mass is 254 g/mol. The highest BCUT2D eigenvalue weighted by Crippen LogP contribution is 2.26. The lowest BCUT2D eigenvalue weighted by molar-refractivity contribution is 0.471. The molecular weight excluding hydrogens is 232 g/mol. The molecule has 1 aliphatic carbocycles. The number of rotatable bonds is 2. The molecule has 1 fully saturated rings. The molecule has 3 rings (SSSR count). The van der Waals surface area contributed by atoms with Crippen molar-refractivity contribution >= 4 is 16.5 Å². The Hall–Kier alpha value is -1.57. The predicted molar refractivity (Wildman–Crippen MR) is 81.5 cm³/mol. The van der Waals surface area contributed by atoms with Crippen molar-refractivity contribution in [1.29, 1.82) is 0 Å². The van der Waals surface area contributed by atoms with Gasteiger partial charge in [-0.1, -0.05) is 44.2 Å². The molecule has 0 saturated heterocycles. The third-order valence-electron chi connectivity index (χ3n) is 4.15. The molecular formula is C17H22N2. The SMILES string of the molecule is c1cc(NC2CCCCCCC2)c2cnccc2c1. The van der Waals surface area contributed by atoms with Gasteiger partial charge in [-0.25, -0.2) is 0 Å². The molecule has 1 aromatic carbocycles. The second-order valence-electron chi connectivity index (χ2n) is 5.59. The zero-order valence-electron chi connectivity index (χ0n) is 11.4. The number of fused-ring (bicyclic) bond motifs is 1. The Morgan fingerprint density at radius 2 is 1.74 bits per heavy atom. The second kappa shape index (κ2) is 6.05. The fourth-order valence-corrected chi connectivity index (χ4v) is 3.06. The Morgan fingerprint density at radius 1 is 0.947 bits per heavy atom. The van der Waals surface area contributed by atoms with Crippen molar-refractivity contribution in [3.63, 3.8) is 0 Å². The summed E-state index contributed by atoms with van der Waals surface area (Å²) in [5.74, 6) is 0. The predicted octanol–water partition coefficient (Wildman–Crippen LogP) is 4.76. The molecule has 0 spiro atoms. The van der Waals surface area contributed by atoms with Crippen LogP contribution in [-0.4, -0.2) is 11.0 Å². The minimum absolute atomic E-state index is 0.631. The summed E-state index contributed by atoms with van der Waals surface area (Å²) in [6.07, 6.45) is 13.4. The lowest BCUT2D eigenvalue weighted by atomic mass is 9.96. The Balaban J connectivity index is 1.80. The van der Waals surface area contributed by atoms with E-state index in [0.717, 1.165) is 0 Å². The molecule has 0 unspecified atom stereocenters. The third kappa shape index (κ3) is 3.06.